The molecule has 0 fully saturated rings. The highest BCUT2D eigenvalue weighted by molar-refractivity contribution is 5.85. The van der Waals surface area contributed by atoms with Crippen molar-refractivity contribution in [2.75, 3.05) is 20.1 Å². The summed E-state index contributed by atoms with van der Waals surface area (Å²) in [7, 11) is 1.89. The zero-order chi connectivity index (χ0) is 16.0. The van der Waals surface area contributed by atoms with Crippen molar-refractivity contribution < 1.29 is 4.79 Å². The monoisotopic (exact) mass is 326 g/mol. The van der Waals surface area contributed by atoms with Crippen LogP contribution in [0.15, 0.2) is 30.3 Å². The maximum absolute atomic E-state index is 12.8. The fourth-order valence-corrected chi connectivity index (χ4v) is 2.54. The van der Waals surface area contributed by atoms with Crippen LogP contribution in [-0.4, -0.2) is 30.9 Å². The van der Waals surface area contributed by atoms with Crippen LogP contribution in [-0.2, 0) is 11.2 Å². The van der Waals surface area contributed by atoms with E-state index in [2.05, 4.69) is 39.8 Å². The first-order valence-corrected chi connectivity index (χ1v) is 7.76. The molecule has 3 nitrogen and oxygen atoms in total. The van der Waals surface area contributed by atoms with Crippen molar-refractivity contribution >= 4 is 18.3 Å². The lowest BCUT2D eigenvalue weighted by Gasteiger charge is -2.32. The fourth-order valence-electron chi connectivity index (χ4n) is 2.54. The van der Waals surface area contributed by atoms with Gasteiger partial charge in [-0.1, -0.05) is 58.0 Å². The molecule has 0 heterocycles. The minimum Gasteiger partial charge on any atom is -0.345 e. The topological polar surface area (TPSA) is 46.3 Å². The van der Waals surface area contributed by atoms with Gasteiger partial charge in [0.1, 0.15) is 0 Å². The van der Waals surface area contributed by atoms with Gasteiger partial charge in [-0.15, -0.1) is 12.4 Å². The lowest BCUT2D eigenvalue weighted by molar-refractivity contribution is -0.136. The molecule has 1 rings (SSSR count). The van der Waals surface area contributed by atoms with Gasteiger partial charge in [0.25, 0.3) is 0 Å². The maximum atomic E-state index is 12.8. The van der Waals surface area contributed by atoms with E-state index in [-0.39, 0.29) is 29.6 Å². The van der Waals surface area contributed by atoms with Gasteiger partial charge in [0.15, 0.2) is 0 Å². The molecule has 1 atom stereocenters. The summed E-state index contributed by atoms with van der Waals surface area (Å²) in [5.41, 5.74) is 6.95. The van der Waals surface area contributed by atoms with Gasteiger partial charge in [-0.3, -0.25) is 4.79 Å². The van der Waals surface area contributed by atoms with Crippen molar-refractivity contribution in [3.05, 3.63) is 35.9 Å². The van der Waals surface area contributed by atoms with E-state index in [0.29, 0.717) is 19.0 Å². The van der Waals surface area contributed by atoms with E-state index in [9.17, 15) is 4.79 Å². The lowest BCUT2D eigenvalue weighted by atomic mass is 9.87. The average Bonchev–Trinajstić information content (AvgIpc) is 2.44. The van der Waals surface area contributed by atoms with Gasteiger partial charge in [-0.05, 0) is 29.9 Å². The number of amides is 1. The molecule has 126 valence electrons. The third kappa shape index (κ3) is 6.37. The molecule has 0 aliphatic heterocycles. The summed E-state index contributed by atoms with van der Waals surface area (Å²) in [6.07, 6.45) is 0.796. The molecule has 22 heavy (non-hydrogen) atoms. The van der Waals surface area contributed by atoms with Crippen LogP contribution in [0.4, 0.5) is 0 Å². The second kappa shape index (κ2) is 9.16. The Labute approximate surface area is 141 Å². The third-order valence-corrected chi connectivity index (χ3v) is 4.01. The van der Waals surface area contributed by atoms with E-state index in [1.54, 1.807) is 0 Å². The minimum atomic E-state index is -0.0430. The van der Waals surface area contributed by atoms with Gasteiger partial charge in [0, 0.05) is 19.5 Å². The zero-order valence-electron chi connectivity index (χ0n) is 14.5. The Morgan fingerprint density at radius 3 is 2.23 bits per heavy atom. The predicted molar refractivity (Wildman–Crippen MR) is 96.2 cm³/mol. The SMILES string of the molecule is CC(C)C(Cc1ccccc1)C(=O)N(C)CC(C)(C)CN.Cl. The first kappa shape index (κ1) is 20.9. The number of nitrogens with zero attached hydrogens (tertiary/aromatic N) is 1. The molecule has 1 unspecified atom stereocenters. The number of hydrogen-bond donors (Lipinski definition) is 1. The van der Waals surface area contributed by atoms with Crippen molar-refractivity contribution in [3.8, 4) is 0 Å². The largest absolute Gasteiger partial charge is 0.345 e. The van der Waals surface area contributed by atoms with Crippen molar-refractivity contribution in [2.24, 2.45) is 23.0 Å². The van der Waals surface area contributed by atoms with Crippen molar-refractivity contribution in [1.82, 2.24) is 4.90 Å². The molecule has 2 N–H and O–H groups in total. The predicted octanol–water partition coefficient (Wildman–Crippen LogP) is 3.37. The highest BCUT2D eigenvalue weighted by Crippen LogP contribution is 2.22. The molecule has 0 aliphatic carbocycles. The average molecular weight is 327 g/mol. The van der Waals surface area contributed by atoms with E-state index in [1.807, 2.05) is 30.1 Å². The summed E-state index contributed by atoms with van der Waals surface area (Å²) in [6, 6.07) is 10.2. The van der Waals surface area contributed by atoms with Gasteiger partial charge >= 0.3 is 0 Å². The Hall–Kier alpha value is -1.06. The van der Waals surface area contributed by atoms with Gasteiger partial charge in [0.2, 0.25) is 5.91 Å². The van der Waals surface area contributed by atoms with Crippen LogP contribution in [0.2, 0.25) is 0 Å². The van der Waals surface area contributed by atoms with Gasteiger partial charge in [-0.2, -0.15) is 0 Å². The second-order valence-corrected chi connectivity index (χ2v) is 7.10. The number of carbonyl (C=O) groups excluding carboxylic acids is 1. The smallest absolute Gasteiger partial charge is 0.226 e. The van der Waals surface area contributed by atoms with Crippen LogP contribution in [0.1, 0.15) is 33.3 Å². The van der Waals surface area contributed by atoms with E-state index in [1.165, 1.54) is 5.56 Å². The summed E-state index contributed by atoms with van der Waals surface area (Å²) in [5.74, 6) is 0.558. The van der Waals surface area contributed by atoms with E-state index >= 15 is 0 Å². The summed E-state index contributed by atoms with van der Waals surface area (Å²) < 4.78 is 0. The third-order valence-electron chi connectivity index (χ3n) is 4.01. The molecule has 0 aromatic heterocycles. The van der Waals surface area contributed by atoms with Crippen molar-refractivity contribution in [3.63, 3.8) is 0 Å². The highest BCUT2D eigenvalue weighted by atomic mass is 35.5. The Morgan fingerprint density at radius 2 is 1.77 bits per heavy atom. The Kier molecular flexibility index (Phi) is 8.72. The van der Waals surface area contributed by atoms with Crippen molar-refractivity contribution in [1.29, 1.82) is 0 Å². The summed E-state index contributed by atoms with van der Waals surface area (Å²) in [5, 5.41) is 0. The number of hydrogen-bond acceptors (Lipinski definition) is 2. The van der Waals surface area contributed by atoms with Gasteiger partial charge in [0.05, 0.1) is 0 Å². The number of benzene rings is 1. The highest BCUT2D eigenvalue weighted by Gasteiger charge is 2.28. The zero-order valence-corrected chi connectivity index (χ0v) is 15.3. The number of rotatable bonds is 7. The van der Waals surface area contributed by atoms with E-state index < -0.39 is 0 Å². The molecule has 0 aliphatic rings. The molecule has 0 radical (unpaired) electrons. The molecule has 1 aromatic rings. The molecule has 0 spiro atoms. The van der Waals surface area contributed by atoms with E-state index in [4.69, 9.17) is 5.73 Å². The normalized spacial score (nSPS) is 12.7. The minimum absolute atomic E-state index is 0. The van der Waals surface area contributed by atoms with E-state index in [0.717, 1.165) is 6.42 Å². The van der Waals surface area contributed by atoms with Gasteiger partial charge in [-0.25, -0.2) is 0 Å². The Morgan fingerprint density at radius 1 is 1.23 bits per heavy atom. The molecular formula is C18H31ClN2O. The first-order valence-electron chi connectivity index (χ1n) is 7.76. The maximum Gasteiger partial charge on any atom is 0.226 e. The Bertz CT molecular complexity index is 446. The van der Waals surface area contributed by atoms with Crippen LogP contribution >= 0.6 is 12.4 Å². The van der Waals surface area contributed by atoms with Crippen LogP contribution in [0.25, 0.3) is 0 Å². The molecule has 0 bridgehead atoms. The Balaban J connectivity index is 0.00000441. The van der Waals surface area contributed by atoms with Gasteiger partial charge < -0.3 is 10.6 Å². The van der Waals surface area contributed by atoms with Crippen molar-refractivity contribution in [2.45, 2.75) is 34.1 Å². The number of nitrogens with two attached hydrogens (primary N) is 1. The standard InChI is InChI=1S/C18H30N2O.ClH/c1-14(2)16(11-15-9-7-6-8-10-15)17(21)20(5)13-18(3,4)12-19;/h6-10,14,16H,11-13,19H2,1-5H3;1H. The summed E-state index contributed by atoms with van der Waals surface area (Å²) >= 11 is 0. The molecule has 4 heteroatoms. The van der Waals surface area contributed by atoms with Crippen LogP contribution in [0.5, 0.6) is 0 Å². The second-order valence-electron chi connectivity index (χ2n) is 7.10. The molecule has 1 amide bonds. The van der Waals surface area contributed by atoms with Crippen LogP contribution < -0.4 is 5.73 Å². The molecule has 0 saturated heterocycles. The molecule has 1 aromatic carbocycles. The quantitative estimate of drug-likeness (QED) is 0.835. The summed E-state index contributed by atoms with van der Waals surface area (Å²) in [4.78, 5) is 14.6. The number of halogens is 1. The summed E-state index contributed by atoms with van der Waals surface area (Å²) in [6.45, 7) is 9.70. The number of carbonyl (C=O) groups is 1. The first-order chi connectivity index (χ1) is 9.76. The van der Waals surface area contributed by atoms with Crippen LogP contribution in [0.3, 0.4) is 0 Å². The lowest BCUT2D eigenvalue weighted by Crippen LogP contribution is -2.43. The molecule has 0 saturated carbocycles. The van der Waals surface area contributed by atoms with Crippen LogP contribution in [0, 0.1) is 17.3 Å². The molecular weight excluding hydrogens is 296 g/mol. The fraction of sp³-hybridized carbons (Fsp3) is 0.611.